The van der Waals surface area contributed by atoms with E-state index in [0.29, 0.717) is 35.5 Å². The Morgan fingerprint density at radius 3 is 2.12 bits per heavy atom. The fraction of sp³-hybridized carbons (Fsp3) is 0.259. The van der Waals surface area contributed by atoms with Crippen molar-refractivity contribution in [1.29, 1.82) is 5.26 Å². The molecule has 0 amide bonds. The molecule has 0 aliphatic heterocycles. The minimum atomic E-state index is -0.160. The minimum Gasteiger partial charge on any atom is -0.507 e. The zero-order valence-electron chi connectivity index (χ0n) is 19.0. The van der Waals surface area contributed by atoms with E-state index in [4.69, 9.17) is 10.00 Å². The molecule has 0 aliphatic carbocycles. The molecular weight excluding hydrogens is 418 g/mol. The molecule has 0 unspecified atom stereocenters. The number of phenols is 1. The van der Waals surface area contributed by atoms with Gasteiger partial charge in [-0.1, -0.05) is 51.1 Å². The van der Waals surface area contributed by atoms with Crippen molar-refractivity contribution < 1.29 is 14.6 Å². The maximum absolute atomic E-state index is 11.7. The van der Waals surface area contributed by atoms with Gasteiger partial charge in [0, 0.05) is 15.4 Å². The van der Waals surface area contributed by atoms with Crippen molar-refractivity contribution in [3.8, 4) is 17.6 Å². The van der Waals surface area contributed by atoms with Crippen molar-refractivity contribution in [3.63, 3.8) is 0 Å². The molecule has 5 heteroatoms. The smallest absolute Gasteiger partial charge is 0.163 e. The highest BCUT2D eigenvalue weighted by Gasteiger charge is 2.16. The van der Waals surface area contributed by atoms with Gasteiger partial charge in [-0.3, -0.25) is 4.79 Å². The first kappa shape index (κ1) is 25.0. The standard InChI is InChI=1S/C25H23NO3S.C2H6/c1-3-4-23-24(14-13-22(17(2)27)25(23)28)29-16-19-7-11-21(12-8-19)30-20-9-5-18(15-26)6-10-20;1-2/h5-14,28H,3-4,16H2,1-2H3;1-2H3. The number of carbonyl (C=O) groups is 1. The van der Waals surface area contributed by atoms with E-state index in [2.05, 4.69) is 6.07 Å². The Kier molecular flexibility index (Phi) is 9.84. The molecule has 0 spiro atoms. The first-order valence-electron chi connectivity index (χ1n) is 10.8. The van der Waals surface area contributed by atoms with Crippen LogP contribution in [0.25, 0.3) is 0 Å². The third kappa shape index (κ3) is 6.63. The van der Waals surface area contributed by atoms with Gasteiger partial charge in [0.25, 0.3) is 0 Å². The summed E-state index contributed by atoms with van der Waals surface area (Å²) in [6.45, 7) is 7.84. The molecule has 0 saturated heterocycles. The molecule has 4 nitrogen and oxygen atoms in total. The van der Waals surface area contributed by atoms with Gasteiger partial charge < -0.3 is 9.84 Å². The number of hydrogen-bond donors (Lipinski definition) is 1. The molecule has 3 aromatic carbocycles. The van der Waals surface area contributed by atoms with Gasteiger partial charge in [-0.2, -0.15) is 5.26 Å². The van der Waals surface area contributed by atoms with Gasteiger partial charge >= 0.3 is 0 Å². The highest BCUT2D eigenvalue weighted by atomic mass is 32.2. The zero-order valence-corrected chi connectivity index (χ0v) is 19.8. The summed E-state index contributed by atoms with van der Waals surface area (Å²) in [7, 11) is 0. The Hall–Kier alpha value is -3.23. The molecule has 0 fully saturated rings. The topological polar surface area (TPSA) is 70.3 Å². The number of phenolic OH excluding ortho intramolecular Hbond substituents is 1. The number of benzene rings is 3. The Balaban J connectivity index is 0.00000176. The number of Topliss-reactive ketones (excluding diaryl/α,β-unsaturated/α-hetero) is 1. The van der Waals surface area contributed by atoms with E-state index in [1.54, 1.807) is 23.9 Å². The SMILES string of the molecule is CC.CCCc1c(OCc2ccc(Sc3ccc(C#N)cc3)cc2)ccc(C(C)=O)c1O. The van der Waals surface area contributed by atoms with Gasteiger partial charge in [-0.15, -0.1) is 0 Å². The van der Waals surface area contributed by atoms with Crippen molar-refractivity contribution in [3.05, 3.63) is 82.9 Å². The fourth-order valence-corrected chi connectivity index (χ4v) is 3.89. The van der Waals surface area contributed by atoms with Gasteiger partial charge in [0.1, 0.15) is 18.1 Å². The summed E-state index contributed by atoms with van der Waals surface area (Å²) in [5.41, 5.74) is 2.67. The summed E-state index contributed by atoms with van der Waals surface area (Å²) >= 11 is 1.63. The van der Waals surface area contributed by atoms with Crippen LogP contribution in [0.15, 0.2) is 70.5 Å². The van der Waals surface area contributed by atoms with Crippen molar-refractivity contribution in [2.24, 2.45) is 0 Å². The van der Waals surface area contributed by atoms with Gasteiger partial charge in [-0.05, 0) is 67.4 Å². The van der Waals surface area contributed by atoms with Crippen molar-refractivity contribution in [1.82, 2.24) is 0 Å². The molecule has 3 rings (SSSR count). The molecule has 3 aromatic rings. The summed E-state index contributed by atoms with van der Waals surface area (Å²) in [5.74, 6) is 0.471. The van der Waals surface area contributed by atoms with Crippen LogP contribution in [0.2, 0.25) is 0 Å². The van der Waals surface area contributed by atoms with E-state index < -0.39 is 0 Å². The van der Waals surface area contributed by atoms with Crippen LogP contribution in [-0.2, 0) is 13.0 Å². The second-order valence-electron chi connectivity index (χ2n) is 6.92. The lowest BCUT2D eigenvalue weighted by Crippen LogP contribution is -2.02. The molecule has 0 atom stereocenters. The summed E-state index contributed by atoms with van der Waals surface area (Å²) in [5, 5.41) is 19.3. The maximum atomic E-state index is 11.7. The van der Waals surface area contributed by atoms with Gasteiger partial charge in [0.2, 0.25) is 0 Å². The average Bonchev–Trinajstić information content (AvgIpc) is 2.82. The normalized spacial score (nSPS) is 9.97. The van der Waals surface area contributed by atoms with E-state index in [9.17, 15) is 9.90 Å². The second-order valence-corrected chi connectivity index (χ2v) is 8.06. The first-order valence-corrected chi connectivity index (χ1v) is 11.6. The largest absolute Gasteiger partial charge is 0.507 e. The lowest BCUT2D eigenvalue weighted by Gasteiger charge is -2.15. The van der Waals surface area contributed by atoms with Crippen LogP contribution in [-0.4, -0.2) is 10.9 Å². The predicted molar refractivity (Wildman–Crippen MR) is 130 cm³/mol. The van der Waals surface area contributed by atoms with Crippen LogP contribution in [0, 0.1) is 11.3 Å². The number of ketones is 1. The van der Waals surface area contributed by atoms with Gasteiger partial charge in [0.05, 0.1) is 17.2 Å². The summed E-state index contributed by atoms with van der Waals surface area (Å²) in [6, 6.07) is 21.1. The highest BCUT2D eigenvalue weighted by Crippen LogP contribution is 2.34. The molecule has 0 heterocycles. The van der Waals surface area contributed by atoms with Crippen LogP contribution in [0.5, 0.6) is 11.5 Å². The molecule has 166 valence electrons. The molecule has 0 aliphatic rings. The third-order valence-corrected chi connectivity index (χ3v) is 5.67. The Morgan fingerprint density at radius 2 is 1.59 bits per heavy atom. The molecular formula is C27H29NO3S. The van der Waals surface area contributed by atoms with E-state index in [0.717, 1.165) is 21.8 Å². The fourth-order valence-electron chi connectivity index (χ4n) is 3.08. The van der Waals surface area contributed by atoms with E-state index in [1.807, 2.05) is 69.3 Å². The maximum Gasteiger partial charge on any atom is 0.163 e. The van der Waals surface area contributed by atoms with E-state index in [1.165, 1.54) is 6.92 Å². The molecule has 0 radical (unpaired) electrons. The van der Waals surface area contributed by atoms with Gasteiger partial charge in [-0.25, -0.2) is 0 Å². The number of nitrogens with zero attached hydrogens (tertiary/aromatic N) is 1. The lowest BCUT2D eigenvalue weighted by atomic mass is 10.0. The van der Waals surface area contributed by atoms with Crippen LogP contribution in [0.4, 0.5) is 0 Å². The van der Waals surface area contributed by atoms with Crippen LogP contribution in [0.3, 0.4) is 0 Å². The number of ether oxygens (including phenoxy) is 1. The Bertz CT molecular complexity index is 1070. The van der Waals surface area contributed by atoms with Crippen molar-refractivity contribution in [2.75, 3.05) is 0 Å². The van der Waals surface area contributed by atoms with Crippen LogP contribution < -0.4 is 4.74 Å². The highest BCUT2D eigenvalue weighted by molar-refractivity contribution is 7.99. The number of carbonyl (C=O) groups excluding carboxylic acids is 1. The number of nitriles is 1. The molecule has 32 heavy (non-hydrogen) atoms. The second kappa shape index (κ2) is 12.6. The van der Waals surface area contributed by atoms with E-state index >= 15 is 0 Å². The summed E-state index contributed by atoms with van der Waals surface area (Å²) in [4.78, 5) is 13.9. The Morgan fingerprint density at radius 1 is 1.00 bits per heavy atom. The first-order chi connectivity index (χ1) is 15.5. The third-order valence-electron chi connectivity index (χ3n) is 4.66. The quantitative estimate of drug-likeness (QED) is 0.370. The Labute approximate surface area is 194 Å². The molecule has 0 bridgehead atoms. The van der Waals surface area contributed by atoms with Crippen molar-refractivity contribution >= 4 is 17.5 Å². The molecule has 0 saturated carbocycles. The van der Waals surface area contributed by atoms with Crippen LogP contribution in [0.1, 0.15) is 61.2 Å². The molecule has 1 N–H and O–H groups in total. The molecule has 0 aromatic heterocycles. The van der Waals surface area contributed by atoms with Crippen molar-refractivity contribution in [2.45, 2.75) is 56.9 Å². The number of aromatic hydroxyl groups is 1. The van der Waals surface area contributed by atoms with E-state index in [-0.39, 0.29) is 11.5 Å². The summed E-state index contributed by atoms with van der Waals surface area (Å²) in [6.07, 6.45) is 1.48. The zero-order chi connectivity index (χ0) is 23.5. The lowest BCUT2D eigenvalue weighted by molar-refractivity contribution is 0.101. The summed E-state index contributed by atoms with van der Waals surface area (Å²) < 4.78 is 5.97. The monoisotopic (exact) mass is 447 g/mol. The van der Waals surface area contributed by atoms with Crippen LogP contribution >= 0.6 is 11.8 Å². The number of hydrogen-bond acceptors (Lipinski definition) is 5. The predicted octanol–water partition coefficient (Wildman–Crippen LogP) is 7.18. The minimum absolute atomic E-state index is 0.0241. The number of rotatable bonds is 8. The van der Waals surface area contributed by atoms with Gasteiger partial charge in [0.15, 0.2) is 5.78 Å². The average molecular weight is 448 g/mol.